The average molecular weight is 355 g/mol. The highest BCUT2D eigenvalue weighted by Crippen LogP contribution is 2.23. The molecular weight excluding hydrogens is 330 g/mol. The first-order valence-electron chi connectivity index (χ1n) is 8.59. The standard InChI is InChI=1S/C21H25NO4/c1-6-18(26-19-11-13(2)7-8-15(19)4)20(23)22-17-12-16(21(24)25-5)10-9-14(17)3/h7-12,18H,6H2,1-5H3,(H,22,23)/t18-/m0/s1. The quantitative estimate of drug-likeness (QED) is 0.789. The predicted octanol–water partition coefficient (Wildman–Crippen LogP) is 4.19. The van der Waals surface area contributed by atoms with E-state index in [1.165, 1.54) is 7.11 Å². The molecule has 0 fully saturated rings. The summed E-state index contributed by atoms with van der Waals surface area (Å²) in [5.74, 6) is 0.00438. The zero-order chi connectivity index (χ0) is 19.3. The van der Waals surface area contributed by atoms with Gasteiger partial charge in [0.1, 0.15) is 5.75 Å². The number of hydrogen-bond acceptors (Lipinski definition) is 4. The van der Waals surface area contributed by atoms with Crippen LogP contribution < -0.4 is 10.1 Å². The molecule has 5 nitrogen and oxygen atoms in total. The number of benzene rings is 2. The average Bonchev–Trinajstić information content (AvgIpc) is 2.63. The summed E-state index contributed by atoms with van der Waals surface area (Å²) in [6, 6.07) is 11.0. The lowest BCUT2D eigenvalue weighted by atomic mass is 10.1. The maximum absolute atomic E-state index is 12.7. The lowest BCUT2D eigenvalue weighted by Crippen LogP contribution is -2.32. The minimum Gasteiger partial charge on any atom is -0.480 e. The Morgan fingerprint density at radius 1 is 1.04 bits per heavy atom. The van der Waals surface area contributed by atoms with Gasteiger partial charge in [0.05, 0.1) is 12.7 Å². The van der Waals surface area contributed by atoms with Gasteiger partial charge in [0.15, 0.2) is 6.10 Å². The second-order valence-corrected chi connectivity index (χ2v) is 6.29. The van der Waals surface area contributed by atoms with Crippen molar-refractivity contribution in [1.29, 1.82) is 0 Å². The molecule has 26 heavy (non-hydrogen) atoms. The topological polar surface area (TPSA) is 64.6 Å². The Morgan fingerprint density at radius 2 is 1.73 bits per heavy atom. The summed E-state index contributed by atoms with van der Waals surface area (Å²) < 4.78 is 10.7. The van der Waals surface area contributed by atoms with E-state index < -0.39 is 12.1 Å². The van der Waals surface area contributed by atoms with Gasteiger partial charge >= 0.3 is 5.97 Å². The number of ether oxygens (including phenoxy) is 2. The zero-order valence-corrected chi connectivity index (χ0v) is 15.9. The molecule has 0 unspecified atom stereocenters. The van der Waals surface area contributed by atoms with Gasteiger partial charge in [0.25, 0.3) is 5.91 Å². The van der Waals surface area contributed by atoms with Gasteiger partial charge in [-0.05, 0) is 62.1 Å². The van der Waals surface area contributed by atoms with Gasteiger partial charge in [-0.2, -0.15) is 0 Å². The fourth-order valence-electron chi connectivity index (χ4n) is 2.52. The number of nitrogens with one attached hydrogen (secondary N) is 1. The van der Waals surface area contributed by atoms with Crippen LogP contribution in [0.3, 0.4) is 0 Å². The molecule has 0 spiro atoms. The largest absolute Gasteiger partial charge is 0.480 e. The Bertz CT molecular complexity index is 814. The van der Waals surface area contributed by atoms with E-state index in [0.29, 0.717) is 23.4 Å². The summed E-state index contributed by atoms with van der Waals surface area (Å²) in [5, 5.41) is 2.86. The molecule has 1 atom stereocenters. The van der Waals surface area contributed by atoms with Crippen LogP contribution in [0.5, 0.6) is 5.75 Å². The molecule has 2 rings (SSSR count). The van der Waals surface area contributed by atoms with Gasteiger partial charge in [0, 0.05) is 5.69 Å². The highest BCUT2D eigenvalue weighted by molar-refractivity contribution is 5.97. The van der Waals surface area contributed by atoms with Gasteiger partial charge in [0.2, 0.25) is 0 Å². The van der Waals surface area contributed by atoms with Crippen LogP contribution >= 0.6 is 0 Å². The van der Waals surface area contributed by atoms with Crippen LogP contribution in [0.2, 0.25) is 0 Å². The van der Waals surface area contributed by atoms with Crippen molar-refractivity contribution in [3.8, 4) is 5.75 Å². The van der Waals surface area contributed by atoms with Crippen LogP contribution in [0.25, 0.3) is 0 Å². The number of rotatable bonds is 6. The van der Waals surface area contributed by atoms with Crippen LogP contribution in [0.4, 0.5) is 5.69 Å². The summed E-state index contributed by atoms with van der Waals surface area (Å²) in [6.45, 7) is 7.69. The number of methoxy groups -OCH3 is 1. The van der Waals surface area contributed by atoms with Crippen LogP contribution in [-0.4, -0.2) is 25.1 Å². The molecular formula is C21H25NO4. The van der Waals surface area contributed by atoms with Crippen LogP contribution in [0, 0.1) is 20.8 Å². The van der Waals surface area contributed by atoms with E-state index in [1.807, 2.05) is 45.9 Å². The van der Waals surface area contributed by atoms with Gasteiger partial charge in [-0.25, -0.2) is 4.79 Å². The first kappa shape index (κ1) is 19.5. The van der Waals surface area contributed by atoms with E-state index in [2.05, 4.69) is 5.32 Å². The normalized spacial score (nSPS) is 11.6. The molecule has 0 radical (unpaired) electrons. The van der Waals surface area contributed by atoms with E-state index in [9.17, 15) is 9.59 Å². The Kier molecular flexibility index (Phi) is 6.39. The second kappa shape index (κ2) is 8.52. The van der Waals surface area contributed by atoms with E-state index in [1.54, 1.807) is 18.2 Å². The minimum atomic E-state index is -0.628. The van der Waals surface area contributed by atoms with Crippen molar-refractivity contribution >= 4 is 17.6 Å². The minimum absolute atomic E-state index is 0.251. The summed E-state index contributed by atoms with van der Waals surface area (Å²) >= 11 is 0. The molecule has 2 aromatic rings. The molecule has 2 aromatic carbocycles. The first-order valence-corrected chi connectivity index (χ1v) is 8.59. The third kappa shape index (κ3) is 4.63. The molecule has 0 heterocycles. The zero-order valence-electron chi connectivity index (χ0n) is 15.9. The number of aryl methyl sites for hydroxylation is 3. The lowest BCUT2D eigenvalue weighted by Gasteiger charge is -2.20. The van der Waals surface area contributed by atoms with Crippen molar-refractivity contribution in [2.24, 2.45) is 0 Å². The molecule has 1 N–H and O–H groups in total. The SMILES string of the molecule is CC[C@H](Oc1cc(C)ccc1C)C(=O)Nc1cc(C(=O)OC)ccc1C. The van der Waals surface area contributed by atoms with Crippen LogP contribution in [0.1, 0.15) is 40.4 Å². The molecule has 1 amide bonds. The Labute approximate surface area is 154 Å². The number of hydrogen-bond donors (Lipinski definition) is 1. The highest BCUT2D eigenvalue weighted by atomic mass is 16.5. The van der Waals surface area contributed by atoms with Crippen molar-refractivity contribution in [2.45, 2.75) is 40.2 Å². The molecule has 0 aliphatic rings. The molecule has 0 aliphatic heterocycles. The molecule has 0 aromatic heterocycles. The maximum Gasteiger partial charge on any atom is 0.337 e. The number of carbonyl (C=O) groups excluding carboxylic acids is 2. The molecule has 138 valence electrons. The van der Waals surface area contributed by atoms with Gasteiger partial charge in [-0.3, -0.25) is 4.79 Å². The van der Waals surface area contributed by atoms with E-state index in [4.69, 9.17) is 9.47 Å². The Hall–Kier alpha value is -2.82. The Balaban J connectivity index is 2.19. The molecule has 0 bridgehead atoms. The maximum atomic E-state index is 12.7. The molecule has 0 saturated carbocycles. The number of esters is 1. The number of amides is 1. The fourth-order valence-corrected chi connectivity index (χ4v) is 2.52. The third-order valence-electron chi connectivity index (χ3n) is 4.19. The number of anilines is 1. The summed E-state index contributed by atoms with van der Waals surface area (Å²) in [7, 11) is 1.32. The monoisotopic (exact) mass is 355 g/mol. The number of carbonyl (C=O) groups is 2. The molecule has 5 heteroatoms. The van der Waals surface area contributed by atoms with E-state index in [0.717, 1.165) is 16.7 Å². The van der Waals surface area contributed by atoms with Gasteiger partial charge in [-0.15, -0.1) is 0 Å². The summed E-state index contributed by atoms with van der Waals surface area (Å²) in [4.78, 5) is 24.4. The lowest BCUT2D eigenvalue weighted by molar-refractivity contribution is -0.122. The summed E-state index contributed by atoms with van der Waals surface area (Å²) in [6.07, 6.45) is -0.105. The van der Waals surface area contributed by atoms with E-state index >= 15 is 0 Å². The van der Waals surface area contributed by atoms with Crippen molar-refractivity contribution < 1.29 is 19.1 Å². The van der Waals surface area contributed by atoms with E-state index in [-0.39, 0.29) is 5.91 Å². The first-order chi connectivity index (χ1) is 12.3. The van der Waals surface area contributed by atoms with Crippen LogP contribution in [-0.2, 0) is 9.53 Å². The highest BCUT2D eigenvalue weighted by Gasteiger charge is 2.20. The smallest absolute Gasteiger partial charge is 0.337 e. The second-order valence-electron chi connectivity index (χ2n) is 6.29. The van der Waals surface area contributed by atoms with Crippen molar-refractivity contribution in [3.63, 3.8) is 0 Å². The van der Waals surface area contributed by atoms with Crippen molar-refractivity contribution in [3.05, 3.63) is 58.7 Å². The fraction of sp³-hybridized carbons (Fsp3) is 0.333. The summed E-state index contributed by atoms with van der Waals surface area (Å²) in [5.41, 5.74) is 3.86. The van der Waals surface area contributed by atoms with Crippen LogP contribution in [0.15, 0.2) is 36.4 Å². The molecule has 0 aliphatic carbocycles. The third-order valence-corrected chi connectivity index (χ3v) is 4.19. The van der Waals surface area contributed by atoms with Crippen molar-refractivity contribution in [1.82, 2.24) is 0 Å². The van der Waals surface area contributed by atoms with Gasteiger partial charge < -0.3 is 14.8 Å². The molecule has 0 saturated heterocycles. The Morgan fingerprint density at radius 3 is 2.38 bits per heavy atom. The van der Waals surface area contributed by atoms with Gasteiger partial charge in [-0.1, -0.05) is 25.1 Å². The van der Waals surface area contributed by atoms with Crippen molar-refractivity contribution in [2.75, 3.05) is 12.4 Å². The predicted molar refractivity (Wildman–Crippen MR) is 102 cm³/mol.